The van der Waals surface area contributed by atoms with E-state index in [1.807, 2.05) is 0 Å². The number of rotatable bonds is 9. The number of nitrogens with zero attached hydrogens (tertiary/aromatic N) is 3. The maximum atomic E-state index is 12.7. The van der Waals surface area contributed by atoms with Gasteiger partial charge in [0.05, 0.1) is 12.8 Å². The van der Waals surface area contributed by atoms with E-state index in [4.69, 9.17) is 9.72 Å². The number of alkyl halides is 2. The van der Waals surface area contributed by atoms with Gasteiger partial charge in [-0.15, -0.1) is 35.3 Å². The lowest BCUT2D eigenvalue weighted by Gasteiger charge is -2.15. The summed E-state index contributed by atoms with van der Waals surface area (Å²) in [5.74, 6) is 1.23. The predicted octanol–water partition coefficient (Wildman–Crippen LogP) is 3.88. The van der Waals surface area contributed by atoms with E-state index in [0.717, 1.165) is 30.3 Å². The van der Waals surface area contributed by atoms with Crippen molar-refractivity contribution in [1.29, 1.82) is 0 Å². The lowest BCUT2D eigenvalue weighted by molar-refractivity contribution is -0.0504. The fourth-order valence-corrected chi connectivity index (χ4v) is 4.12. The SMILES string of the molecule is CN=C(NCCc1csc(N2CCCC2)n1)NCc1cc(OC)ccc1OC(F)F.I. The molecule has 0 bridgehead atoms. The number of anilines is 1. The number of guanidine groups is 1. The smallest absolute Gasteiger partial charge is 0.387 e. The summed E-state index contributed by atoms with van der Waals surface area (Å²) in [7, 11) is 3.18. The van der Waals surface area contributed by atoms with E-state index in [9.17, 15) is 8.78 Å². The number of benzene rings is 1. The summed E-state index contributed by atoms with van der Waals surface area (Å²) in [6.07, 6.45) is 3.23. The molecule has 2 aromatic rings. The minimum Gasteiger partial charge on any atom is -0.497 e. The van der Waals surface area contributed by atoms with Gasteiger partial charge in [0.15, 0.2) is 11.1 Å². The van der Waals surface area contributed by atoms with Gasteiger partial charge in [-0.25, -0.2) is 4.98 Å². The molecular weight excluding hydrogens is 539 g/mol. The number of methoxy groups -OCH3 is 1. The van der Waals surface area contributed by atoms with Crippen molar-refractivity contribution >= 4 is 46.4 Å². The molecule has 0 amide bonds. The van der Waals surface area contributed by atoms with Crippen LogP contribution in [0.1, 0.15) is 24.1 Å². The summed E-state index contributed by atoms with van der Waals surface area (Å²) in [5.41, 5.74) is 1.60. The van der Waals surface area contributed by atoms with Gasteiger partial charge in [0.2, 0.25) is 0 Å². The van der Waals surface area contributed by atoms with Crippen LogP contribution in [-0.2, 0) is 13.0 Å². The van der Waals surface area contributed by atoms with E-state index < -0.39 is 6.61 Å². The van der Waals surface area contributed by atoms with Crippen molar-refractivity contribution in [1.82, 2.24) is 15.6 Å². The maximum absolute atomic E-state index is 12.7. The molecule has 7 nitrogen and oxygen atoms in total. The molecule has 172 valence electrons. The molecule has 0 atom stereocenters. The average Bonchev–Trinajstić information content (AvgIpc) is 3.43. The largest absolute Gasteiger partial charge is 0.497 e. The van der Waals surface area contributed by atoms with Crippen LogP contribution < -0.4 is 25.0 Å². The lowest BCUT2D eigenvalue weighted by Crippen LogP contribution is -2.38. The van der Waals surface area contributed by atoms with E-state index in [1.54, 1.807) is 30.5 Å². The zero-order valence-corrected chi connectivity index (χ0v) is 20.7. The number of ether oxygens (including phenoxy) is 2. The highest BCUT2D eigenvalue weighted by Crippen LogP contribution is 2.26. The second-order valence-corrected chi connectivity index (χ2v) is 7.61. The minimum absolute atomic E-state index is 0. The summed E-state index contributed by atoms with van der Waals surface area (Å²) in [4.78, 5) is 11.2. The summed E-state index contributed by atoms with van der Waals surface area (Å²) < 4.78 is 35.1. The van der Waals surface area contributed by atoms with Gasteiger partial charge in [0.25, 0.3) is 0 Å². The van der Waals surface area contributed by atoms with Crippen LogP contribution >= 0.6 is 35.3 Å². The Morgan fingerprint density at radius 1 is 1.29 bits per heavy atom. The molecule has 0 radical (unpaired) electrons. The van der Waals surface area contributed by atoms with Crippen molar-refractivity contribution in [3.05, 3.63) is 34.8 Å². The highest BCUT2D eigenvalue weighted by Gasteiger charge is 2.15. The van der Waals surface area contributed by atoms with E-state index in [0.29, 0.717) is 23.8 Å². The number of halogens is 3. The Kier molecular flexibility index (Phi) is 10.5. The fraction of sp³-hybridized carbons (Fsp3) is 0.500. The molecule has 11 heteroatoms. The zero-order chi connectivity index (χ0) is 21.3. The van der Waals surface area contributed by atoms with Crippen molar-refractivity contribution in [2.75, 3.05) is 38.7 Å². The maximum Gasteiger partial charge on any atom is 0.387 e. The lowest BCUT2D eigenvalue weighted by atomic mass is 10.2. The summed E-state index contributed by atoms with van der Waals surface area (Å²) in [6.45, 7) is 0.195. The first kappa shape index (κ1) is 25.4. The normalized spacial score (nSPS) is 13.8. The van der Waals surface area contributed by atoms with Crippen LogP contribution in [0.15, 0.2) is 28.6 Å². The van der Waals surface area contributed by atoms with Crippen molar-refractivity contribution in [2.24, 2.45) is 4.99 Å². The van der Waals surface area contributed by atoms with Gasteiger partial charge in [-0.2, -0.15) is 8.78 Å². The highest BCUT2D eigenvalue weighted by molar-refractivity contribution is 14.0. The molecule has 1 saturated heterocycles. The molecule has 2 N–H and O–H groups in total. The van der Waals surface area contributed by atoms with Gasteiger partial charge in [-0.1, -0.05) is 0 Å². The molecule has 3 rings (SSSR count). The van der Waals surface area contributed by atoms with Crippen LogP contribution in [0.25, 0.3) is 0 Å². The third-order valence-corrected chi connectivity index (χ3v) is 5.69. The predicted molar refractivity (Wildman–Crippen MR) is 131 cm³/mol. The zero-order valence-electron chi connectivity index (χ0n) is 17.6. The molecule has 31 heavy (non-hydrogen) atoms. The quantitative estimate of drug-likeness (QED) is 0.273. The number of aromatic nitrogens is 1. The summed E-state index contributed by atoms with van der Waals surface area (Å²) >= 11 is 1.68. The molecule has 0 saturated carbocycles. The number of hydrogen-bond donors (Lipinski definition) is 2. The Morgan fingerprint density at radius 3 is 2.74 bits per heavy atom. The second-order valence-electron chi connectivity index (χ2n) is 6.77. The van der Waals surface area contributed by atoms with Crippen molar-refractivity contribution in [2.45, 2.75) is 32.4 Å². The van der Waals surface area contributed by atoms with Crippen molar-refractivity contribution in [3.8, 4) is 11.5 Å². The van der Waals surface area contributed by atoms with E-state index in [1.165, 1.54) is 26.0 Å². The third-order valence-electron chi connectivity index (χ3n) is 4.74. The topological polar surface area (TPSA) is 71.0 Å². The standard InChI is InChI=1S/C20H27F2N5O2S.HI/c1-23-19(24-8-7-15-13-30-20(26-15)27-9-3-4-10-27)25-12-14-11-16(28-2)5-6-17(14)29-18(21)22;/h5-6,11,13,18H,3-4,7-10,12H2,1-2H3,(H2,23,24,25);1H. The van der Waals surface area contributed by atoms with Crippen LogP contribution in [0.4, 0.5) is 13.9 Å². The van der Waals surface area contributed by atoms with Gasteiger partial charge in [0, 0.05) is 50.6 Å². The molecule has 1 aromatic heterocycles. The van der Waals surface area contributed by atoms with Crippen molar-refractivity contribution in [3.63, 3.8) is 0 Å². The Labute approximate surface area is 202 Å². The number of aliphatic imine (C=N–C) groups is 1. The summed E-state index contributed by atoms with van der Waals surface area (Å²) in [5, 5.41) is 9.53. The Bertz CT molecular complexity index is 847. The van der Waals surface area contributed by atoms with E-state index in [2.05, 4.69) is 30.6 Å². The molecule has 0 aliphatic carbocycles. The van der Waals surface area contributed by atoms with Gasteiger partial charge in [-0.3, -0.25) is 4.99 Å². The molecule has 1 aromatic carbocycles. The first-order valence-electron chi connectivity index (χ1n) is 9.84. The third kappa shape index (κ3) is 7.63. The Morgan fingerprint density at radius 2 is 2.06 bits per heavy atom. The number of hydrogen-bond acceptors (Lipinski definition) is 6. The number of thiazole rings is 1. The first-order chi connectivity index (χ1) is 14.6. The molecule has 1 aliphatic rings. The van der Waals surface area contributed by atoms with Gasteiger partial charge in [-0.05, 0) is 31.0 Å². The van der Waals surface area contributed by atoms with Crippen LogP contribution in [-0.4, -0.2) is 51.3 Å². The molecule has 2 heterocycles. The van der Waals surface area contributed by atoms with Crippen LogP contribution in [0.3, 0.4) is 0 Å². The molecule has 1 fully saturated rings. The van der Waals surface area contributed by atoms with E-state index >= 15 is 0 Å². The fourth-order valence-electron chi connectivity index (χ4n) is 3.21. The number of nitrogens with one attached hydrogen (secondary N) is 2. The van der Waals surface area contributed by atoms with Gasteiger partial charge >= 0.3 is 6.61 Å². The molecular formula is C20H28F2IN5O2S. The van der Waals surface area contributed by atoms with Gasteiger partial charge < -0.3 is 25.0 Å². The molecule has 1 aliphatic heterocycles. The Balaban J connectivity index is 0.00000341. The van der Waals surface area contributed by atoms with Crippen LogP contribution in [0.2, 0.25) is 0 Å². The van der Waals surface area contributed by atoms with E-state index in [-0.39, 0.29) is 36.3 Å². The molecule has 0 spiro atoms. The Hall–Kier alpha value is -1.89. The monoisotopic (exact) mass is 567 g/mol. The van der Waals surface area contributed by atoms with Gasteiger partial charge in [0.1, 0.15) is 11.5 Å². The molecule has 0 unspecified atom stereocenters. The minimum atomic E-state index is -2.89. The van der Waals surface area contributed by atoms with Crippen molar-refractivity contribution < 1.29 is 18.3 Å². The first-order valence-corrected chi connectivity index (χ1v) is 10.7. The van der Waals surface area contributed by atoms with Crippen LogP contribution in [0, 0.1) is 0 Å². The highest BCUT2D eigenvalue weighted by atomic mass is 127. The summed E-state index contributed by atoms with van der Waals surface area (Å²) in [6, 6.07) is 4.71. The van der Waals surface area contributed by atoms with Crippen LogP contribution in [0.5, 0.6) is 11.5 Å². The average molecular weight is 567 g/mol. The second kappa shape index (κ2) is 12.8.